The van der Waals surface area contributed by atoms with E-state index in [0.717, 1.165) is 5.56 Å². The summed E-state index contributed by atoms with van der Waals surface area (Å²) in [7, 11) is 0. The SMILES string of the molecule is CCc1onc(-c2ccccc2)c1C(=O)N1CCC(C(=O)O)C1. The third-order valence-corrected chi connectivity index (χ3v) is 4.17. The molecule has 1 unspecified atom stereocenters. The van der Waals surface area contributed by atoms with Crippen molar-refractivity contribution in [2.45, 2.75) is 19.8 Å². The number of carbonyl (C=O) groups excluding carboxylic acids is 1. The van der Waals surface area contributed by atoms with E-state index >= 15 is 0 Å². The van der Waals surface area contributed by atoms with Gasteiger partial charge in [0.2, 0.25) is 0 Å². The molecule has 0 aliphatic carbocycles. The number of aliphatic carboxylic acids is 1. The van der Waals surface area contributed by atoms with Crippen LogP contribution in [0.4, 0.5) is 0 Å². The Morgan fingerprint density at radius 3 is 2.70 bits per heavy atom. The summed E-state index contributed by atoms with van der Waals surface area (Å²) < 4.78 is 5.34. The Balaban J connectivity index is 1.94. The van der Waals surface area contributed by atoms with Crippen molar-refractivity contribution in [2.24, 2.45) is 5.92 Å². The molecule has 3 rings (SSSR count). The van der Waals surface area contributed by atoms with Crippen molar-refractivity contribution in [3.8, 4) is 11.3 Å². The van der Waals surface area contributed by atoms with E-state index in [-0.39, 0.29) is 12.5 Å². The summed E-state index contributed by atoms with van der Waals surface area (Å²) >= 11 is 0. The zero-order chi connectivity index (χ0) is 16.4. The predicted octanol–water partition coefficient (Wildman–Crippen LogP) is 2.45. The van der Waals surface area contributed by atoms with Gasteiger partial charge in [0.05, 0.1) is 5.92 Å². The van der Waals surface area contributed by atoms with Crippen molar-refractivity contribution in [3.63, 3.8) is 0 Å². The summed E-state index contributed by atoms with van der Waals surface area (Å²) in [6.45, 7) is 2.57. The van der Waals surface area contributed by atoms with Crippen LogP contribution < -0.4 is 0 Å². The smallest absolute Gasteiger partial charge is 0.308 e. The standard InChI is InChI=1S/C17H18N2O4/c1-2-13-14(15(18-23-13)11-6-4-3-5-7-11)16(20)19-9-8-12(10-19)17(21)22/h3-7,12H,2,8-10H2,1H3,(H,21,22). The monoisotopic (exact) mass is 314 g/mol. The minimum Gasteiger partial charge on any atom is -0.481 e. The van der Waals surface area contributed by atoms with E-state index in [2.05, 4.69) is 5.16 Å². The molecule has 0 bridgehead atoms. The highest BCUT2D eigenvalue weighted by molar-refractivity contribution is 6.01. The first-order valence-electron chi connectivity index (χ1n) is 7.67. The number of nitrogens with zero attached hydrogens (tertiary/aromatic N) is 2. The molecule has 2 heterocycles. The molecule has 6 heteroatoms. The highest BCUT2D eigenvalue weighted by Gasteiger charge is 2.34. The number of hydrogen-bond donors (Lipinski definition) is 1. The van der Waals surface area contributed by atoms with Gasteiger partial charge >= 0.3 is 5.97 Å². The van der Waals surface area contributed by atoms with Gasteiger partial charge < -0.3 is 14.5 Å². The largest absolute Gasteiger partial charge is 0.481 e. The Morgan fingerprint density at radius 2 is 2.09 bits per heavy atom. The fourth-order valence-electron chi connectivity index (χ4n) is 2.88. The lowest BCUT2D eigenvalue weighted by atomic mass is 10.0. The molecule has 1 atom stereocenters. The van der Waals surface area contributed by atoms with Gasteiger partial charge in [0.1, 0.15) is 17.0 Å². The summed E-state index contributed by atoms with van der Waals surface area (Å²) in [6, 6.07) is 9.39. The van der Waals surface area contributed by atoms with Gasteiger partial charge in [-0.05, 0) is 6.42 Å². The minimum absolute atomic E-state index is 0.203. The number of hydrogen-bond acceptors (Lipinski definition) is 4. The number of carboxylic acid groups (broad SMARTS) is 1. The summed E-state index contributed by atoms with van der Waals surface area (Å²) in [5.74, 6) is -1.02. The van der Waals surface area contributed by atoms with Crippen molar-refractivity contribution in [1.82, 2.24) is 10.1 Å². The maximum Gasteiger partial charge on any atom is 0.308 e. The molecule has 1 aromatic heterocycles. The van der Waals surface area contributed by atoms with E-state index in [0.29, 0.717) is 36.4 Å². The third-order valence-electron chi connectivity index (χ3n) is 4.17. The number of aryl methyl sites for hydroxylation is 1. The van der Waals surface area contributed by atoms with Crippen LogP contribution in [-0.2, 0) is 11.2 Å². The summed E-state index contributed by atoms with van der Waals surface area (Å²) in [5, 5.41) is 13.2. The molecule has 0 radical (unpaired) electrons. The van der Waals surface area contributed by atoms with E-state index in [4.69, 9.17) is 9.63 Å². The van der Waals surface area contributed by atoms with Crippen molar-refractivity contribution >= 4 is 11.9 Å². The lowest BCUT2D eigenvalue weighted by molar-refractivity contribution is -0.141. The highest BCUT2D eigenvalue weighted by atomic mass is 16.5. The van der Waals surface area contributed by atoms with Gasteiger partial charge in [0.15, 0.2) is 0 Å². The van der Waals surface area contributed by atoms with Gasteiger partial charge in [0.25, 0.3) is 5.91 Å². The quantitative estimate of drug-likeness (QED) is 0.937. The van der Waals surface area contributed by atoms with Crippen LogP contribution in [0.1, 0.15) is 29.5 Å². The Kier molecular flexibility index (Phi) is 4.14. The predicted molar refractivity (Wildman–Crippen MR) is 83.0 cm³/mol. The molecule has 0 spiro atoms. The van der Waals surface area contributed by atoms with E-state index in [9.17, 15) is 9.59 Å². The summed E-state index contributed by atoms with van der Waals surface area (Å²) in [5.41, 5.74) is 1.78. The van der Waals surface area contributed by atoms with E-state index in [1.54, 1.807) is 4.90 Å². The lowest BCUT2D eigenvalue weighted by Crippen LogP contribution is -2.30. The van der Waals surface area contributed by atoms with Crippen LogP contribution in [0.2, 0.25) is 0 Å². The van der Waals surface area contributed by atoms with Crippen molar-refractivity contribution in [3.05, 3.63) is 41.7 Å². The minimum atomic E-state index is -0.857. The zero-order valence-corrected chi connectivity index (χ0v) is 12.9. The lowest BCUT2D eigenvalue weighted by Gasteiger charge is -2.16. The number of benzene rings is 1. The topological polar surface area (TPSA) is 83.6 Å². The number of likely N-dealkylation sites (tertiary alicyclic amines) is 1. The number of carboxylic acids is 1. The zero-order valence-electron chi connectivity index (χ0n) is 12.9. The molecule has 1 aliphatic rings. The third kappa shape index (κ3) is 2.84. The second-order valence-corrected chi connectivity index (χ2v) is 5.62. The Hall–Kier alpha value is -2.63. The van der Waals surface area contributed by atoms with Crippen LogP contribution in [0.25, 0.3) is 11.3 Å². The molecule has 6 nitrogen and oxygen atoms in total. The van der Waals surface area contributed by atoms with Crippen LogP contribution in [0, 0.1) is 5.92 Å². The van der Waals surface area contributed by atoms with Crippen LogP contribution >= 0.6 is 0 Å². The molecule has 1 N–H and O–H groups in total. The number of aromatic nitrogens is 1. The fourth-order valence-corrected chi connectivity index (χ4v) is 2.88. The van der Waals surface area contributed by atoms with E-state index in [1.165, 1.54) is 0 Å². The van der Waals surface area contributed by atoms with Gasteiger partial charge in [0, 0.05) is 25.1 Å². The second kappa shape index (κ2) is 6.24. The summed E-state index contributed by atoms with van der Waals surface area (Å²) in [4.78, 5) is 25.6. The molecule has 1 aromatic carbocycles. The molecule has 23 heavy (non-hydrogen) atoms. The van der Waals surface area contributed by atoms with Gasteiger partial charge in [-0.15, -0.1) is 0 Å². The second-order valence-electron chi connectivity index (χ2n) is 5.62. The number of rotatable bonds is 4. The Bertz CT molecular complexity index is 723. The van der Waals surface area contributed by atoms with Crippen LogP contribution in [-0.4, -0.2) is 40.1 Å². The van der Waals surface area contributed by atoms with Crippen LogP contribution in [0.3, 0.4) is 0 Å². The van der Waals surface area contributed by atoms with Crippen LogP contribution in [0.5, 0.6) is 0 Å². The number of amides is 1. The molecule has 1 aliphatic heterocycles. The number of carbonyl (C=O) groups is 2. The highest BCUT2D eigenvalue weighted by Crippen LogP contribution is 2.29. The first-order valence-corrected chi connectivity index (χ1v) is 7.67. The van der Waals surface area contributed by atoms with Crippen molar-refractivity contribution in [2.75, 3.05) is 13.1 Å². The van der Waals surface area contributed by atoms with E-state index < -0.39 is 11.9 Å². The van der Waals surface area contributed by atoms with Crippen molar-refractivity contribution in [1.29, 1.82) is 0 Å². The molecule has 1 amide bonds. The van der Waals surface area contributed by atoms with Gasteiger partial charge in [-0.2, -0.15) is 0 Å². The van der Waals surface area contributed by atoms with Crippen molar-refractivity contribution < 1.29 is 19.2 Å². The normalized spacial score (nSPS) is 17.4. The fraction of sp³-hybridized carbons (Fsp3) is 0.353. The Labute approximate surface area is 133 Å². The first kappa shape index (κ1) is 15.3. The molecular weight excluding hydrogens is 296 g/mol. The first-order chi connectivity index (χ1) is 11.1. The average molecular weight is 314 g/mol. The molecular formula is C17H18N2O4. The summed E-state index contributed by atoms with van der Waals surface area (Å²) in [6.07, 6.45) is 1.03. The maximum atomic E-state index is 12.9. The average Bonchev–Trinajstić information content (AvgIpc) is 3.22. The maximum absolute atomic E-state index is 12.9. The Morgan fingerprint density at radius 1 is 1.35 bits per heavy atom. The van der Waals surface area contributed by atoms with Gasteiger partial charge in [-0.3, -0.25) is 9.59 Å². The van der Waals surface area contributed by atoms with Gasteiger partial charge in [-0.1, -0.05) is 42.4 Å². The molecule has 1 fully saturated rings. The molecule has 1 saturated heterocycles. The van der Waals surface area contributed by atoms with Gasteiger partial charge in [-0.25, -0.2) is 0 Å². The molecule has 0 saturated carbocycles. The molecule has 2 aromatic rings. The van der Waals surface area contributed by atoms with E-state index in [1.807, 2.05) is 37.3 Å². The van der Waals surface area contributed by atoms with Crippen LogP contribution in [0.15, 0.2) is 34.9 Å². The molecule has 120 valence electrons.